The van der Waals surface area contributed by atoms with E-state index in [0.29, 0.717) is 41.2 Å². The van der Waals surface area contributed by atoms with Crippen molar-refractivity contribution >= 4 is 11.6 Å². The van der Waals surface area contributed by atoms with E-state index in [2.05, 4.69) is 26.0 Å². The molecule has 0 aliphatic carbocycles. The zero-order valence-corrected chi connectivity index (χ0v) is 17.6. The van der Waals surface area contributed by atoms with Crippen molar-refractivity contribution in [2.75, 3.05) is 24.5 Å². The topological polar surface area (TPSA) is 114 Å². The molecule has 0 saturated carbocycles. The molecule has 2 N–H and O–H groups in total. The van der Waals surface area contributed by atoms with Crippen LogP contribution in [0.1, 0.15) is 46.4 Å². The number of hydrogen-bond acceptors (Lipinski definition) is 7. The zero-order chi connectivity index (χ0) is 21.8. The van der Waals surface area contributed by atoms with Crippen LogP contribution in [0, 0.1) is 11.3 Å². The minimum absolute atomic E-state index is 0.208. The molecule has 0 radical (unpaired) electrons. The lowest BCUT2D eigenvalue weighted by Crippen LogP contribution is -2.29. The number of piperidine rings is 1. The molecule has 158 valence electrons. The first-order valence-corrected chi connectivity index (χ1v) is 10.5. The number of nitrogens with zero attached hydrogens (tertiary/aromatic N) is 6. The molecule has 2 aromatic heterocycles. The maximum atomic E-state index is 13.5. The highest BCUT2D eigenvalue weighted by atomic mass is 16.1. The third-order valence-electron chi connectivity index (χ3n) is 5.55. The second kappa shape index (κ2) is 9.06. The number of aromatic nitrogens is 4. The van der Waals surface area contributed by atoms with E-state index in [0.717, 1.165) is 37.3 Å². The maximum absolute atomic E-state index is 13.5. The number of anilines is 1. The first kappa shape index (κ1) is 20.7. The van der Waals surface area contributed by atoms with Crippen molar-refractivity contribution in [1.82, 2.24) is 19.7 Å². The highest BCUT2D eigenvalue weighted by Gasteiger charge is 2.23. The summed E-state index contributed by atoms with van der Waals surface area (Å²) in [5.74, 6) is 1.04. The van der Waals surface area contributed by atoms with Gasteiger partial charge in [-0.25, -0.2) is 9.97 Å². The molecule has 0 unspecified atom stereocenters. The van der Waals surface area contributed by atoms with Crippen LogP contribution >= 0.6 is 0 Å². The Kier molecular flexibility index (Phi) is 6.05. The number of carbonyl (C=O) groups excluding carboxylic acids is 1. The smallest absolute Gasteiger partial charge is 0.211 e. The standard InChI is InChI=1S/C23H25N7O/c1-29-20(12-21(28-29)30-9-3-2-4-10-30)22(31)19-11-16(13-25)5-6-18(19)23-26-14-17(7-8-24)15-27-23/h5-6,11-12,14-15H,2-4,7-10,24H2,1H3. The molecule has 8 heteroatoms. The molecule has 31 heavy (non-hydrogen) atoms. The Hall–Kier alpha value is -3.57. The van der Waals surface area contributed by atoms with Crippen LogP contribution in [0.15, 0.2) is 36.7 Å². The lowest BCUT2D eigenvalue weighted by Gasteiger charge is -2.26. The molecule has 1 aliphatic heterocycles. The zero-order valence-electron chi connectivity index (χ0n) is 17.6. The minimum atomic E-state index is -0.208. The Labute approximate surface area is 181 Å². The van der Waals surface area contributed by atoms with Crippen molar-refractivity contribution < 1.29 is 4.79 Å². The predicted molar refractivity (Wildman–Crippen MR) is 118 cm³/mol. The molecule has 3 heterocycles. The summed E-state index contributed by atoms with van der Waals surface area (Å²) in [5, 5.41) is 13.9. The van der Waals surface area contributed by atoms with Crippen molar-refractivity contribution in [2.45, 2.75) is 25.7 Å². The first-order valence-electron chi connectivity index (χ1n) is 10.5. The Morgan fingerprint density at radius 2 is 1.90 bits per heavy atom. The van der Waals surface area contributed by atoms with Crippen LogP contribution in [-0.4, -0.2) is 45.2 Å². The van der Waals surface area contributed by atoms with Crippen molar-refractivity contribution in [3.63, 3.8) is 0 Å². The molecule has 1 aliphatic rings. The number of ketones is 1. The van der Waals surface area contributed by atoms with Crippen molar-refractivity contribution in [2.24, 2.45) is 12.8 Å². The maximum Gasteiger partial charge on any atom is 0.211 e. The summed E-state index contributed by atoms with van der Waals surface area (Å²) in [6, 6.07) is 8.95. The summed E-state index contributed by atoms with van der Waals surface area (Å²) in [5.41, 5.74) is 8.38. The molecular weight excluding hydrogens is 390 g/mol. The number of carbonyl (C=O) groups is 1. The summed E-state index contributed by atoms with van der Waals surface area (Å²) in [7, 11) is 1.77. The lowest BCUT2D eigenvalue weighted by molar-refractivity contribution is 0.103. The Morgan fingerprint density at radius 1 is 1.16 bits per heavy atom. The van der Waals surface area contributed by atoms with E-state index in [1.807, 2.05) is 6.07 Å². The Morgan fingerprint density at radius 3 is 2.58 bits per heavy atom. The fourth-order valence-corrected chi connectivity index (χ4v) is 3.87. The van der Waals surface area contributed by atoms with Gasteiger partial charge in [-0.15, -0.1) is 0 Å². The highest BCUT2D eigenvalue weighted by Crippen LogP contribution is 2.26. The fraction of sp³-hybridized carbons (Fsp3) is 0.348. The molecule has 0 bridgehead atoms. The van der Waals surface area contributed by atoms with Crippen LogP contribution in [0.5, 0.6) is 0 Å². The SMILES string of the molecule is Cn1nc(N2CCCCC2)cc1C(=O)c1cc(C#N)ccc1-c1ncc(CCN)cn1. The molecular formula is C23H25N7O. The van der Waals surface area contributed by atoms with Crippen molar-refractivity contribution in [3.05, 3.63) is 59.0 Å². The second-order valence-corrected chi connectivity index (χ2v) is 7.71. The number of benzene rings is 1. The predicted octanol–water partition coefficient (Wildman–Crippen LogP) is 2.47. The van der Waals surface area contributed by atoms with E-state index in [4.69, 9.17) is 5.73 Å². The van der Waals surface area contributed by atoms with Crippen LogP contribution in [-0.2, 0) is 13.5 Å². The fourth-order valence-electron chi connectivity index (χ4n) is 3.87. The quantitative estimate of drug-likeness (QED) is 0.615. The van der Waals surface area contributed by atoms with Crippen LogP contribution in [0.25, 0.3) is 11.4 Å². The van der Waals surface area contributed by atoms with E-state index in [1.165, 1.54) is 6.42 Å². The van der Waals surface area contributed by atoms with E-state index in [-0.39, 0.29) is 5.78 Å². The third kappa shape index (κ3) is 4.32. The summed E-state index contributed by atoms with van der Waals surface area (Å²) in [4.78, 5) is 24.6. The Balaban J connectivity index is 1.72. The van der Waals surface area contributed by atoms with Gasteiger partial charge < -0.3 is 10.6 Å². The second-order valence-electron chi connectivity index (χ2n) is 7.71. The molecule has 8 nitrogen and oxygen atoms in total. The highest BCUT2D eigenvalue weighted by molar-refractivity contribution is 6.12. The van der Waals surface area contributed by atoms with E-state index in [9.17, 15) is 10.1 Å². The number of aryl methyl sites for hydroxylation is 1. The first-order chi connectivity index (χ1) is 15.1. The van der Waals surface area contributed by atoms with Gasteiger partial charge in [0.25, 0.3) is 0 Å². The van der Waals surface area contributed by atoms with Crippen LogP contribution < -0.4 is 10.6 Å². The molecule has 0 atom stereocenters. The van der Waals surface area contributed by atoms with Crippen LogP contribution in [0.2, 0.25) is 0 Å². The molecule has 0 amide bonds. The third-order valence-corrected chi connectivity index (χ3v) is 5.55. The summed E-state index contributed by atoms with van der Waals surface area (Å²) in [6.07, 6.45) is 7.62. The van der Waals surface area contributed by atoms with E-state index in [1.54, 1.807) is 42.3 Å². The molecule has 0 spiro atoms. The van der Waals surface area contributed by atoms with Gasteiger partial charge in [-0.1, -0.05) is 0 Å². The number of nitriles is 1. The normalized spacial score (nSPS) is 13.8. The van der Waals surface area contributed by atoms with Crippen molar-refractivity contribution in [1.29, 1.82) is 5.26 Å². The number of rotatable bonds is 6. The summed E-state index contributed by atoms with van der Waals surface area (Å²) >= 11 is 0. The van der Waals surface area contributed by atoms with Crippen molar-refractivity contribution in [3.8, 4) is 17.5 Å². The molecule has 4 rings (SSSR count). The van der Waals surface area contributed by atoms with Gasteiger partial charge in [0.2, 0.25) is 5.78 Å². The average Bonchev–Trinajstić information content (AvgIpc) is 3.21. The summed E-state index contributed by atoms with van der Waals surface area (Å²) < 4.78 is 1.61. The van der Waals surface area contributed by atoms with Gasteiger partial charge in [-0.2, -0.15) is 10.4 Å². The van der Waals surface area contributed by atoms with Gasteiger partial charge in [0.1, 0.15) is 5.69 Å². The van der Waals surface area contributed by atoms with Gasteiger partial charge in [-0.05, 0) is 56.0 Å². The molecule has 1 saturated heterocycles. The molecule has 1 aromatic carbocycles. The van der Waals surface area contributed by atoms with Gasteiger partial charge in [0, 0.05) is 49.7 Å². The van der Waals surface area contributed by atoms with E-state index >= 15 is 0 Å². The van der Waals surface area contributed by atoms with Gasteiger partial charge >= 0.3 is 0 Å². The molecule has 3 aromatic rings. The van der Waals surface area contributed by atoms with Gasteiger partial charge in [0.15, 0.2) is 11.6 Å². The van der Waals surface area contributed by atoms with Crippen LogP contribution in [0.3, 0.4) is 0 Å². The number of nitrogens with two attached hydrogens (primary N) is 1. The average molecular weight is 416 g/mol. The van der Waals surface area contributed by atoms with Gasteiger partial charge in [-0.3, -0.25) is 9.48 Å². The van der Waals surface area contributed by atoms with Gasteiger partial charge in [0.05, 0.1) is 11.6 Å². The minimum Gasteiger partial charge on any atom is -0.355 e. The monoisotopic (exact) mass is 415 g/mol. The number of hydrogen-bond donors (Lipinski definition) is 1. The largest absolute Gasteiger partial charge is 0.355 e. The molecule has 1 fully saturated rings. The van der Waals surface area contributed by atoms with Crippen LogP contribution in [0.4, 0.5) is 5.82 Å². The lowest BCUT2D eigenvalue weighted by atomic mass is 9.98. The summed E-state index contributed by atoms with van der Waals surface area (Å²) in [6.45, 7) is 2.41. The van der Waals surface area contributed by atoms with E-state index < -0.39 is 0 Å². The Bertz CT molecular complexity index is 1120.